The highest BCUT2D eigenvalue weighted by Crippen LogP contribution is 2.20. The SMILES string of the molecule is Cc1cc(C)c2cc(CN(C[C@@H]3CCCO3)C(=S)Nc3ccccc3)c(=O)[nH]c2c1. The van der Waals surface area contributed by atoms with Crippen molar-refractivity contribution < 1.29 is 4.74 Å². The molecule has 2 N–H and O–H groups in total. The van der Waals surface area contributed by atoms with Gasteiger partial charge in [0.15, 0.2) is 5.11 Å². The van der Waals surface area contributed by atoms with Gasteiger partial charge in [-0.25, -0.2) is 0 Å². The van der Waals surface area contributed by atoms with Crippen LogP contribution in [-0.4, -0.2) is 34.3 Å². The molecule has 2 aromatic carbocycles. The van der Waals surface area contributed by atoms with Crippen LogP contribution in [0.4, 0.5) is 5.69 Å². The van der Waals surface area contributed by atoms with Crippen LogP contribution in [0, 0.1) is 13.8 Å². The maximum absolute atomic E-state index is 12.8. The standard InChI is InChI=1S/C24H27N3O2S/c1-16-11-17(2)21-13-18(23(28)26-22(21)12-16)14-27(15-20-9-6-10-29-20)24(30)25-19-7-4-3-5-8-19/h3-5,7-8,11-13,20H,6,9-10,14-15H2,1-2H3,(H,25,30)(H,26,28)/t20-/m0/s1. The van der Waals surface area contributed by atoms with Crippen LogP contribution in [-0.2, 0) is 11.3 Å². The van der Waals surface area contributed by atoms with Crippen LogP contribution in [0.1, 0.15) is 29.5 Å². The largest absolute Gasteiger partial charge is 0.376 e. The van der Waals surface area contributed by atoms with E-state index in [9.17, 15) is 4.79 Å². The highest BCUT2D eigenvalue weighted by atomic mass is 32.1. The molecule has 156 valence electrons. The minimum absolute atomic E-state index is 0.0765. The fourth-order valence-electron chi connectivity index (χ4n) is 4.02. The van der Waals surface area contributed by atoms with Gasteiger partial charge in [0, 0.05) is 35.3 Å². The fraction of sp³-hybridized carbons (Fsp3) is 0.333. The second-order valence-electron chi connectivity index (χ2n) is 7.98. The number of nitrogens with one attached hydrogen (secondary N) is 2. The van der Waals surface area contributed by atoms with Crippen molar-refractivity contribution in [2.45, 2.75) is 39.3 Å². The molecule has 5 nitrogen and oxygen atoms in total. The molecule has 0 amide bonds. The van der Waals surface area contributed by atoms with Gasteiger partial charge < -0.3 is 19.9 Å². The maximum atomic E-state index is 12.8. The number of hydrogen-bond acceptors (Lipinski definition) is 3. The van der Waals surface area contributed by atoms with E-state index in [1.165, 1.54) is 0 Å². The Morgan fingerprint density at radius 2 is 2.03 bits per heavy atom. The van der Waals surface area contributed by atoms with Crippen molar-refractivity contribution in [3.8, 4) is 0 Å². The third-order valence-electron chi connectivity index (χ3n) is 5.51. The van der Waals surface area contributed by atoms with Crippen molar-refractivity contribution >= 4 is 33.9 Å². The number of pyridine rings is 1. The van der Waals surface area contributed by atoms with Crippen molar-refractivity contribution in [1.82, 2.24) is 9.88 Å². The summed E-state index contributed by atoms with van der Waals surface area (Å²) in [5, 5.41) is 4.96. The third kappa shape index (κ3) is 4.71. The lowest BCUT2D eigenvalue weighted by Gasteiger charge is -2.28. The zero-order valence-electron chi connectivity index (χ0n) is 17.4. The van der Waals surface area contributed by atoms with E-state index in [2.05, 4.69) is 23.3 Å². The lowest BCUT2D eigenvalue weighted by molar-refractivity contribution is 0.0904. The first kappa shape index (κ1) is 20.6. The number of H-pyrrole nitrogens is 1. The first-order valence-corrected chi connectivity index (χ1v) is 10.8. The molecule has 30 heavy (non-hydrogen) atoms. The Labute approximate surface area is 182 Å². The molecule has 1 aliphatic rings. The van der Waals surface area contributed by atoms with Gasteiger partial charge >= 0.3 is 0 Å². The van der Waals surface area contributed by atoms with Gasteiger partial charge in [-0.15, -0.1) is 0 Å². The Morgan fingerprint density at radius 3 is 2.77 bits per heavy atom. The van der Waals surface area contributed by atoms with Gasteiger partial charge in [-0.3, -0.25) is 4.79 Å². The zero-order valence-corrected chi connectivity index (χ0v) is 18.2. The molecular weight excluding hydrogens is 394 g/mol. The van der Waals surface area contributed by atoms with Crippen molar-refractivity contribution in [2.75, 3.05) is 18.5 Å². The number of ether oxygens (including phenoxy) is 1. The van der Waals surface area contributed by atoms with E-state index in [1.54, 1.807) is 0 Å². The number of benzene rings is 2. The second-order valence-corrected chi connectivity index (χ2v) is 8.37. The topological polar surface area (TPSA) is 57.4 Å². The minimum Gasteiger partial charge on any atom is -0.376 e. The first-order chi connectivity index (χ1) is 14.5. The number of para-hydroxylation sites is 1. The van der Waals surface area contributed by atoms with E-state index in [4.69, 9.17) is 17.0 Å². The van der Waals surface area contributed by atoms with Crippen LogP contribution in [0.15, 0.2) is 53.3 Å². The monoisotopic (exact) mass is 421 g/mol. The van der Waals surface area contributed by atoms with Gasteiger partial charge in [-0.2, -0.15) is 0 Å². The molecule has 0 spiro atoms. The summed E-state index contributed by atoms with van der Waals surface area (Å²) in [6, 6.07) is 16.0. The number of hydrogen-bond donors (Lipinski definition) is 2. The average molecular weight is 422 g/mol. The normalized spacial score (nSPS) is 16.0. The molecule has 0 saturated carbocycles. The number of anilines is 1. The van der Waals surface area contributed by atoms with Gasteiger partial charge in [0.25, 0.3) is 5.56 Å². The van der Waals surface area contributed by atoms with E-state index in [0.717, 1.165) is 47.2 Å². The summed E-state index contributed by atoms with van der Waals surface area (Å²) in [5.74, 6) is 0. The van der Waals surface area contributed by atoms with Gasteiger partial charge in [-0.05, 0) is 74.3 Å². The number of nitrogens with zero attached hydrogens (tertiary/aromatic N) is 1. The van der Waals surface area contributed by atoms with Gasteiger partial charge in [0.05, 0.1) is 12.6 Å². The smallest absolute Gasteiger partial charge is 0.253 e. The maximum Gasteiger partial charge on any atom is 0.253 e. The molecule has 1 aromatic heterocycles. The molecule has 1 fully saturated rings. The summed E-state index contributed by atoms with van der Waals surface area (Å²) in [4.78, 5) is 17.9. The number of aromatic nitrogens is 1. The first-order valence-electron chi connectivity index (χ1n) is 10.4. The van der Waals surface area contributed by atoms with E-state index < -0.39 is 0 Å². The molecule has 2 heterocycles. The van der Waals surface area contributed by atoms with E-state index >= 15 is 0 Å². The Kier molecular flexibility index (Phi) is 6.16. The van der Waals surface area contributed by atoms with Crippen LogP contribution in [0.5, 0.6) is 0 Å². The summed E-state index contributed by atoms with van der Waals surface area (Å²) < 4.78 is 5.84. The predicted octanol–water partition coefficient (Wildman–Crippen LogP) is 4.52. The fourth-order valence-corrected chi connectivity index (χ4v) is 4.27. The zero-order chi connectivity index (χ0) is 21.1. The highest BCUT2D eigenvalue weighted by Gasteiger charge is 2.22. The molecule has 6 heteroatoms. The van der Waals surface area contributed by atoms with Gasteiger partial charge in [0.1, 0.15) is 0 Å². The van der Waals surface area contributed by atoms with Crippen molar-refractivity contribution in [1.29, 1.82) is 0 Å². The van der Waals surface area contributed by atoms with Crippen LogP contribution >= 0.6 is 12.2 Å². The second kappa shape index (κ2) is 8.98. The average Bonchev–Trinajstić information content (AvgIpc) is 3.22. The Hall–Kier alpha value is -2.70. The van der Waals surface area contributed by atoms with Crippen LogP contribution in [0.3, 0.4) is 0 Å². The van der Waals surface area contributed by atoms with E-state index in [-0.39, 0.29) is 11.7 Å². The van der Waals surface area contributed by atoms with Crippen LogP contribution in [0.2, 0.25) is 0 Å². The van der Waals surface area contributed by atoms with Crippen LogP contribution in [0.25, 0.3) is 10.9 Å². The summed E-state index contributed by atoms with van der Waals surface area (Å²) in [5.41, 5.74) is 4.71. The lowest BCUT2D eigenvalue weighted by Crippen LogP contribution is -2.40. The van der Waals surface area contributed by atoms with Crippen molar-refractivity contribution in [2.24, 2.45) is 0 Å². The van der Waals surface area contributed by atoms with Crippen molar-refractivity contribution in [3.05, 3.63) is 75.6 Å². The molecule has 1 aliphatic heterocycles. The molecule has 0 radical (unpaired) electrons. The molecule has 4 rings (SSSR count). The number of thiocarbonyl (C=S) groups is 1. The Balaban J connectivity index is 1.62. The van der Waals surface area contributed by atoms with Crippen molar-refractivity contribution in [3.63, 3.8) is 0 Å². The van der Waals surface area contributed by atoms with Gasteiger partial charge in [0.2, 0.25) is 0 Å². The predicted molar refractivity (Wildman–Crippen MR) is 126 cm³/mol. The van der Waals surface area contributed by atoms with Gasteiger partial charge in [-0.1, -0.05) is 24.3 Å². The molecule has 3 aromatic rings. The van der Waals surface area contributed by atoms with E-state index in [0.29, 0.717) is 23.8 Å². The Morgan fingerprint density at radius 1 is 1.23 bits per heavy atom. The summed E-state index contributed by atoms with van der Waals surface area (Å²) >= 11 is 5.72. The molecule has 0 bridgehead atoms. The number of fused-ring (bicyclic) bond motifs is 1. The lowest BCUT2D eigenvalue weighted by atomic mass is 10.0. The third-order valence-corrected chi connectivity index (χ3v) is 5.87. The van der Waals surface area contributed by atoms with E-state index in [1.807, 2.05) is 54.3 Å². The minimum atomic E-state index is -0.0765. The molecule has 0 unspecified atom stereocenters. The molecule has 1 saturated heterocycles. The number of rotatable bonds is 5. The quantitative estimate of drug-likeness (QED) is 0.593. The summed E-state index contributed by atoms with van der Waals surface area (Å²) in [6.07, 6.45) is 2.20. The summed E-state index contributed by atoms with van der Waals surface area (Å²) in [6.45, 7) is 5.98. The van der Waals surface area contributed by atoms with Crippen LogP contribution < -0.4 is 10.9 Å². The summed E-state index contributed by atoms with van der Waals surface area (Å²) in [7, 11) is 0. The molecule has 1 atom stereocenters. The highest BCUT2D eigenvalue weighted by molar-refractivity contribution is 7.80. The Bertz CT molecular complexity index is 1100. The number of aryl methyl sites for hydroxylation is 2. The molecule has 0 aliphatic carbocycles. The number of aromatic amines is 1. The molecular formula is C24H27N3O2S.